The quantitative estimate of drug-likeness (QED) is 0.729. The maximum atomic E-state index is 12.3. The number of methoxy groups -OCH3 is 2. The molecule has 1 N–H and O–H groups in total. The second-order valence-electron chi connectivity index (χ2n) is 4.96. The van der Waals surface area contributed by atoms with Gasteiger partial charge in [-0.2, -0.15) is 0 Å². The zero-order chi connectivity index (χ0) is 19.3. The Labute approximate surface area is 161 Å². The standard InChI is InChI=1S/C17H15Cl2NO5S/c1-24-14-5-3-4-11(17(14)25-2)6-9-16(21)20-26(22,23)15-10-12(18)7-8-13(15)19/h3-10H,1-2H3,(H,20,21)/b9-6+. The van der Waals surface area contributed by atoms with E-state index in [0.717, 1.165) is 12.1 Å². The van der Waals surface area contributed by atoms with Gasteiger partial charge in [-0.1, -0.05) is 35.3 Å². The van der Waals surface area contributed by atoms with Crippen molar-refractivity contribution < 1.29 is 22.7 Å². The summed E-state index contributed by atoms with van der Waals surface area (Å²) in [7, 11) is -1.22. The Morgan fingerprint density at radius 1 is 1.12 bits per heavy atom. The first-order chi connectivity index (χ1) is 12.3. The Kier molecular flexibility index (Phi) is 6.52. The Morgan fingerprint density at radius 2 is 1.85 bits per heavy atom. The summed E-state index contributed by atoms with van der Waals surface area (Å²) in [5, 5.41) is 0.132. The highest BCUT2D eigenvalue weighted by Crippen LogP contribution is 2.31. The molecular weight excluding hydrogens is 401 g/mol. The average Bonchev–Trinajstić information content (AvgIpc) is 2.60. The van der Waals surface area contributed by atoms with E-state index < -0.39 is 15.9 Å². The van der Waals surface area contributed by atoms with Crippen molar-refractivity contribution in [3.05, 3.63) is 58.1 Å². The molecule has 2 aromatic carbocycles. The van der Waals surface area contributed by atoms with Crippen LogP contribution in [0.1, 0.15) is 5.56 Å². The molecule has 0 saturated carbocycles. The fraction of sp³-hybridized carbons (Fsp3) is 0.118. The number of carbonyl (C=O) groups is 1. The Morgan fingerprint density at radius 3 is 2.50 bits per heavy atom. The van der Waals surface area contributed by atoms with Crippen LogP contribution in [0.15, 0.2) is 47.4 Å². The van der Waals surface area contributed by atoms with Crippen molar-refractivity contribution in [2.75, 3.05) is 14.2 Å². The molecule has 0 spiro atoms. The minimum atomic E-state index is -4.17. The van der Waals surface area contributed by atoms with Gasteiger partial charge in [0.05, 0.1) is 19.2 Å². The number of carbonyl (C=O) groups excluding carboxylic acids is 1. The molecule has 0 heterocycles. The fourth-order valence-corrected chi connectivity index (χ4v) is 3.82. The van der Waals surface area contributed by atoms with Gasteiger partial charge in [-0.15, -0.1) is 0 Å². The number of amides is 1. The van der Waals surface area contributed by atoms with E-state index in [1.165, 1.54) is 32.4 Å². The molecule has 2 aromatic rings. The minimum absolute atomic E-state index is 0.0480. The van der Waals surface area contributed by atoms with E-state index in [4.69, 9.17) is 32.7 Å². The highest BCUT2D eigenvalue weighted by molar-refractivity contribution is 7.90. The monoisotopic (exact) mass is 415 g/mol. The number of para-hydroxylation sites is 1. The fourth-order valence-electron chi connectivity index (χ4n) is 2.11. The number of rotatable bonds is 6. The largest absolute Gasteiger partial charge is 0.493 e. The molecule has 26 heavy (non-hydrogen) atoms. The number of hydrogen-bond acceptors (Lipinski definition) is 5. The molecular formula is C17H15Cl2NO5S. The Bertz CT molecular complexity index is 958. The van der Waals surface area contributed by atoms with Crippen LogP contribution in [0, 0.1) is 0 Å². The summed E-state index contributed by atoms with van der Waals surface area (Å²) in [4.78, 5) is 11.7. The zero-order valence-corrected chi connectivity index (χ0v) is 16.2. The van der Waals surface area contributed by atoms with Gasteiger partial charge in [-0.3, -0.25) is 4.79 Å². The molecule has 138 valence electrons. The lowest BCUT2D eigenvalue weighted by atomic mass is 10.1. The smallest absolute Gasteiger partial charge is 0.265 e. The van der Waals surface area contributed by atoms with Crippen molar-refractivity contribution in [1.82, 2.24) is 4.72 Å². The molecule has 0 bridgehead atoms. The van der Waals surface area contributed by atoms with Crippen molar-refractivity contribution in [2.45, 2.75) is 4.90 Å². The lowest BCUT2D eigenvalue weighted by Crippen LogP contribution is -2.29. The van der Waals surface area contributed by atoms with E-state index in [9.17, 15) is 13.2 Å². The predicted molar refractivity (Wildman–Crippen MR) is 100 cm³/mol. The number of hydrogen-bond donors (Lipinski definition) is 1. The third kappa shape index (κ3) is 4.69. The SMILES string of the molecule is COc1cccc(/C=C/C(=O)NS(=O)(=O)c2cc(Cl)ccc2Cl)c1OC. The van der Waals surface area contributed by atoms with E-state index >= 15 is 0 Å². The number of halogens is 2. The molecule has 0 radical (unpaired) electrons. The van der Waals surface area contributed by atoms with Crippen molar-refractivity contribution in [3.63, 3.8) is 0 Å². The van der Waals surface area contributed by atoms with Crippen molar-refractivity contribution in [2.24, 2.45) is 0 Å². The topological polar surface area (TPSA) is 81.7 Å². The van der Waals surface area contributed by atoms with Gasteiger partial charge in [0.1, 0.15) is 4.90 Å². The summed E-state index contributed by atoms with van der Waals surface area (Å²) in [5.41, 5.74) is 0.542. The minimum Gasteiger partial charge on any atom is -0.493 e. The van der Waals surface area contributed by atoms with E-state index in [1.807, 2.05) is 4.72 Å². The van der Waals surface area contributed by atoms with Crippen LogP contribution in [-0.2, 0) is 14.8 Å². The molecule has 0 aliphatic carbocycles. The van der Waals surface area contributed by atoms with Crippen LogP contribution < -0.4 is 14.2 Å². The van der Waals surface area contributed by atoms with Crippen LogP contribution in [-0.4, -0.2) is 28.5 Å². The molecule has 9 heteroatoms. The van der Waals surface area contributed by atoms with Gasteiger partial charge in [0, 0.05) is 16.7 Å². The maximum Gasteiger partial charge on any atom is 0.265 e. The number of ether oxygens (including phenoxy) is 2. The lowest BCUT2D eigenvalue weighted by Gasteiger charge is -2.10. The Hall–Kier alpha value is -2.22. The summed E-state index contributed by atoms with van der Waals surface area (Å²) in [6, 6.07) is 9.03. The van der Waals surface area contributed by atoms with Gasteiger partial charge < -0.3 is 9.47 Å². The second-order valence-corrected chi connectivity index (χ2v) is 7.46. The van der Waals surface area contributed by atoms with E-state index in [0.29, 0.717) is 17.1 Å². The molecule has 0 aromatic heterocycles. The van der Waals surface area contributed by atoms with E-state index in [2.05, 4.69) is 0 Å². The molecule has 0 saturated heterocycles. The lowest BCUT2D eigenvalue weighted by molar-refractivity contribution is -0.114. The molecule has 0 fully saturated rings. The first-order valence-corrected chi connectivity index (χ1v) is 9.43. The molecule has 1 amide bonds. The normalized spacial score (nSPS) is 11.4. The van der Waals surface area contributed by atoms with Crippen molar-refractivity contribution in [3.8, 4) is 11.5 Å². The van der Waals surface area contributed by atoms with Crippen molar-refractivity contribution >= 4 is 45.2 Å². The second kappa shape index (κ2) is 8.44. The van der Waals surface area contributed by atoms with Gasteiger partial charge in [-0.25, -0.2) is 13.1 Å². The highest BCUT2D eigenvalue weighted by Gasteiger charge is 2.20. The van der Waals surface area contributed by atoms with Crippen LogP contribution in [0.2, 0.25) is 10.0 Å². The van der Waals surface area contributed by atoms with Gasteiger partial charge in [-0.05, 0) is 30.3 Å². The summed E-state index contributed by atoms with van der Waals surface area (Å²) in [6.45, 7) is 0. The van der Waals surface area contributed by atoms with Crippen LogP contribution in [0.25, 0.3) is 6.08 Å². The Balaban J connectivity index is 2.23. The average molecular weight is 416 g/mol. The molecule has 0 aliphatic heterocycles. The zero-order valence-electron chi connectivity index (χ0n) is 13.8. The van der Waals surface area contributed by atoms with E-state index in [-0.39, 0.29) is 14.9 Å². The number of nitrogens with one attached hydrogen (secondary N) is 1. The van der Waals surface area contributed by atoms with Crippen molar-refractivity contribution in [1.29, 1.82) is 0 Å². The number of benzene rings is 2. The van der Waals surface area contributed by atoms with Crippen LogP contribution in [0.5, 0.6) is 11.5 Å². The molecule has 0 unspecified atom stereocenters. The molecule has 2 rings (SSSR count). The predicted octanol–water partition coefficient (Wildman–Crippen LogP) is 3.53. The summed E-state index contributed by atoms with van der Waals surface area (Å²) < 4.78 is 36.9. The first kappa shape index (κ1) is 20.1. The van der Waals surface area contributed by atoms with Crippen LogP contribution >= 0.6 is 23.2 Å². The summed E-state index contributed by atoms with van der Waals surface area (Å²) in [6.07, 6.45) is 2.47. The van der Waals surface area contributed by atoms with Gasteiger partial charge in [0.15, 0.2) is 11.5 Å². The molecule has 6 nitrogen and oxygen atoms in total. The first-order valence-electron chi connectivity index (χ1n) is 7.19. The van der Waals surface area contributed by atoms with E-state index in [1.54, 1.807) is 18.2 Å². The van der Waals surface area contributed by atoms with Gasteiger partial charge in [0.2, 0.25) is 0 Å². The van der Waals surface area contributed by atoms with Gasteiger partial charge >= 0.3 is 0 Å². The van der Waals surface area contributed by atoms with Gasteiger partial charge in [0.25, 0.3) is 15.9 Å². The highest BCUT2D eigenvalue weighted by atomic mass is 35.5. The molecule has 0 atom stereocenters. The summed E-state index contributed by atoms with van der Waals surface area (Å²) in [5.74, 6) is 0.0408. The summed E-state index contributed by atoms with van der Waals surface area (Å²) >= 11 is 11.7. The third-order valence-electron chi connectivity index (χ3n) is 3.27. The number of sulfonamides is 1. The third-order valence-corrected chi connectivity index (χ3v) is 5.33. The molecule has 0 aliphatic rings. The maximum absolute atomic E-state index is 12.3. The van der Waals surface area contributed by atoms with Crippen LogP contribution in [0.4, 0.5) is 0 Å². The van der Waals surface area contributed by atoms with Crippen LogP contribution in [0.3, 0.4) is 0 Å².